The number of ether oxygens (including phenoxy) is 1. The number of para-hydroxylation sites is 1. The lowest BCUT2D eigenvalue weighted by Crippen LogP contribution is -2.34. The van der Waals surface area contributed by atoms with Crippen molar-refractivity contribution in [3.63, 3.8) is 0 Å². The minimum atomic E-state index is -1.04. The molecule has 3 aromatic carbocycles. The molecule has 0 fully saturated rings. The molecule has 6 nitrogen and oxygen atoms in total. The van der Waals surface area contributed by atoms with Crippen molar-refractivity contribution in [2.75, 3.05) is 11.9 Å². The van der Waals surface area contributed by atoms with Gasteiger partial charge in [-0.2, -0.15) is 0 Å². The summed E-state index contributed by atoms with van der Waals surface area (Å²) >= 11 is 5.84. The highest BCUT2D eigenvalue weighted by Gasteiger charge is 2.29. The Morgan fingerprint density at radius 1 is 1.11 bits per heavy atom. The van der Waals surface area contributed by atoms with Crippen LogP contribution >= 0.6 is 11.6 Å². The Morgan fingerprint density at radius 2 is 1.87 bits per heavy atom. The minimum absolute atomic E-state index is 0.109. The summed E-state index contributed by atoms with van der Waals surface area (Å²) in [5.41, 5.74) is 4.37. The number of halogens is 2. The van der Waals surface area contributed by atoms with Gasteiger partial charge in [-0.15, -0.1) is 0 Å². The fourth-order valence-corrected chi connectivity index (χ4v) is 4.94. The minimum Gasteiger partial charge on any atom is -0.449 e. The predicted molar refractivity (Wildman–Crippen MR) is 146 cm³/mol. The predicted octanol–water partition coefficient (Wildman–Crippen LogP) is 6.16. The van der Waals surface area contributed by atoms with Gasteiger partial charge >= 0.3 is 5.97 Å². The smallest absolute Gasteiger partial charge is 0.340 e. The molecular formula is C30H27ClFN3O3. The lowest BCUT2D eigenvalue weighted by molar-refractivity contribution is -0.124. The zero-order valence-corrected chi connectivity index (χ0v) is 21.7. The van der Waals surface area contributed by atoms with E-state index >= 15 is 0 Å². The van der Waals surface area contributed by atoms with Crippen molar-refractivity contribution < 1.29 is 18.7 Å². The number of carbonyl (C=O) groups is 2. The van der Waals surface area contributed by atoms with Gasteiger partial charge in [-0.05, 0) is 36.2 Å². The number of benzene rings is 3. The molecule has 0 aliphatic carbocycles. The second-order valence-electron chi connectivity index (χ2n) is 9.30. The lowest BCUT2D eigenvalue weighted by Gasteiger charge is -2.30. The molecule has 1 amide bonds. The Hall–Kier alpha value is -3.81. The third-order valence-corrected chi connectivity index (χ3v) is 6.97. The molecule has 1 unspecified atom stereocenters. The van der Waals surface area contributed by atoms with Crippen molar-refractivity contribution in [2.45, 2.75) is 39.0 Å². The van der Waals surface area contributed by atoms with Gasteiger partial charge in [0.1, 0.15) is 5.82 Å². The van der Waals surface area contributed by atoms with Gasteiger partial charge in [-0.25, -0.2) is 9.18 Å². The second-order valence-corrected chi connectivity index (χ2v) is 9.70. The number of rotatable bonds is 7. The summed E-state index contributed by atoms with van der Waals surface area (Å²) < 4.78 is 19.3. The summed E-state index contributed by atoms with van der Waals surface area (Å²) in [6, 6.07) is 21.6. The van der Waals surface area contributed by atoms with Crippen molar-refractivity contribution in [1.29, 1.82) is 0 Å². The molecular weight excluding hydrogens is 505 g/mol. The van der Waals surface area contributed by atoms with E-state index in [2.05, 4.69) is 22.3 Å². The van der Waals surface area contributed by atoms with Gasteiger partial charge < -0.3 is 10.1 Å². The molecule has 1 aliphatic rings. The topological polar surface area (TPSA) is 71.5 Å². The fraction of sp³-hybridized carbons (Fsp3) is 0.233. The molecule has 0 saturated carbocycles. The number of hydrogen-bond acceptors (Lipinski definition) is 5. The third kappa shape index (κ3) is 5.54. The van der Waals surface area contributed by atoms with Crippen LogP contribution in [0.3, 0.4) is 0 Å². The summed E-state index contributed by atoms with van der Waals surface area (Å²) in [6.45, 7) is 3.88. The highest BCUT2D eigenvalue weighted by molar-refractivity contribution is 6.31. The van der Waals surface area contributed by atoms with Crippen molar-refractivity contribution in [3.8, 4) is 0 Å². The van der Waals surface area contributed by atoms with Crippen LogP contribution in [-0.4, -0.2) is 34.4 Å². The van der Waals surface area contributed by atoms with E-state index in [1.807, 2.05) is 42.5 Å². The monoisotopic (exact) mass is 531 g/mol. The summed E-state index contributed by atoms with van der Waals surface area (Å²) in [5, 5.41) is 3.25. The first-order valence-corrected chi connectivity index (χ1v) is 12.9. The van der Waals surface area contributed by atoms with Gasteiger partial charge in [0.2, 0.25) is 0 Å². The first kappa shape index (κ1) is 25.8. The molecule has 1 atom stereocenters. The molecule has 1 N–H and O–H groups in total. The van der Waals surface area contributed by atoms with Crippen LogP contribution in [0.2, 0.25) is 5.02 Å². The van der Waals surface area contributed by atoms with Crippen LogP contribution in [0.4, 0.5) is 10.1 Å². The first-order chi connectivity index (χ1) is 18.4. The summed E-state index contributed by atoms with van der Waals surface area (Å²) in [4.78, 5) is 33.8. The number of nitrogens with one attached hydrogen (secondary N) is 1. The number of pyridine rings is 1. The van der Waals surface area contributed by atoms with E-state index in [0.29, 0.717) is 35.1 Å². The summed E-state index contributed by atoms with van der Waals surface area (Å²) in [6.07, 6.45) is -0.0772. The van der Waals surface area contributed by atoms with Crippen molar-refractivity contribution in [3.05, 3.63) is 106 Å². The van der Waals surface area contributed by atoms with Crippen LogP contribution in [0.15, 0.2) is 72.8 Å². The van der Waals surface area contributed by atoms with Gasteiger partial charge in [0.25, 0.3) is 5.91 Å². The first-order valence-electron chi connectivity index (χ1n) is 12.6. The molecule has 8 heteroatoms. The normalized spacial score (nSPS) is 14.1. The quantitative estimate of drug-likeness (QED) is 0.289. The molecule has 194 valence electrons. The average molecular weight is 532 g/mol. The van der Waals surface area contributed by atoms with E-state index in [9.17, 15) is 14.0 Å². The Balaban J connectivity index is 1.42. The number of aromatic nitrogens is 1. The molecule has 5 rings (SSSR count). The highest BCUT2D eigenvalue weighted by atomic mass is 35.5. The fourth-order valence-electron chi connectivity index (χ4n) is 4.76. The second kappa shape index (κ2) is 11.3. The van der Waals surface area contributed by atoms with Crippen molar-refractivity contribution in [2.24, 2.45) is 0 Å². The molecule has 0 radical (unpaired) electrons. The van der Waals surface area contributed by atoms with Crippen LogP contribution in [0.5, 0.6) is 0 Å². The standard InChI is InChI=1S/C30H27ClFN3O3/c1-2-27(29(36)33-20-12-13-24(32)23(31)16-20)38-30(37)28-21-10-6-7-11-25(21)34-26-14-15-35(18-22(26)28)17-19-8-4-3-5-9-19/h3-13,16,27H,2,14-15,17-18H2,1H3,(H,33,36). The van der Waals surface area contributed by atoms with Gasteiger partial charge in [0.05, 0.1) is 16.1 Å². The molecule has 1 aliphatic heterocycles. The number of esters is 1. The van der Waals surface area contributed by atoms with E-state index in [0.717, 1.165) is 24.3 Å². The highest BCUT2D eigenvalue weighted by Crippen LogP contribution is 2.30. The maximum atomic E-state index is 13.7. The Kier molecular flexibility index (Phi) is 7.67. The number of carbonyl (C=O) groups excluding carboxylic acids is 2. The SMILES string of the molecule is CCC(OC(=O)c1c2c(nc3ccccc13)CCN(Cc1ccccc1)C2)C(=O)Nc1ccc(F)c(Cl)c1. The third-order valence-electron chi connectivity index (χ3n) is 6.68. The van der Waals surface area contributed by atoms with E-state index in [1.54, 1.807) is 6.92 Å². The summed E-state index contributed by atoms with van der Waals surface area (Å²) in [7, 11) is 0. The van der Waals surface area contributed by atoms with E-state index in [4.69, 9.17) is 21.3 Å². The molecule has 0 spiro atoms. The zero-order valence-electron chi connectivity index (χ0n) is 20.9. The Labute approximate surface area is 225 Å². The maximum absolute atomic E-state index is 13.7. The molecule has 38 heavy (non-hydrogen) atoms. The van der Waals surface area contributed by atoms with Gasteiger partial charge in [-0.3, -0.25) is 14.7 Å². The zero-order chi connectivity index (χ0) is 26.6. The molecule has 4 aromatic rings. The Morgan fingerprint density at radius 3 is 2.63 bits per heavy atom. The number of hydrogen-bond donors (Lipinski definition) is 1. The van der Waals surface area contributed by atoms with Crippen LogP contribution in [-0.2, 0) is 29.0 Å². The van der Waals surface area contributed by atoms with Crippen LogP contribution in [0, 0.1) is 5.82 Å². The van der Waals surface area contributed by atoms with Crippen LogP contribution < -0.4 is 5.32 Å². The van der Waals surface area contributed by atoms with E-state index in [-0.39, 0.29) is 11.4 Å². The molecule has 0 saturated heterocycles. The van der Waals surface area contributed by atoms with Gasteiger partial charge in [0.15, 0.2) is 6.10 Å². The van der Waals surface area contributed by atoms with E-state index in [1.165, 1.54) is 23.8 Å². The maximum Gasteiger partial charge on any atom is 0.340 e. The molecule has 2 heterocycles. The lowest BCUT2D eigenvalue weighted by atomic mass is 9.95. The summed E-state index contributed by atoms with van der Waals surface area (Å²) in [5.74, 6) is -1.67. The molecule has 1 aromatic heterocycles. The van der Waals surface area contributed by atoms with Crippen molar-refractivity contribution >= 4 is 40.1 Å². The van der Waals surface area contributed by atoms with Crippen LogP contribution in [0.1, 0.15) is 40.5 Å². The van der Waals surface area contributed by atoms with Gasteiger partial charge in [-0.1, -0.05) is 67.1 Å². The van der Waals surface area contributed by atoms with Crippen LogP contribution in [0.25, 0.3) is 10.9 Å². The number of amides is 1. The average Bonchev–Trinajstić information content (AvgIpc) is 2.92. The Bertz CT molecular complexity index is 1500. The van der Waals surface area contributed by atoms with Gasteiger partial charge in [0, 0.05) is 48.4 Å². The molecule has 0 bridgehead atoms. The van der Waals surface area contributed by atoms with E-state index < -0.39 is 23.8 Å². The largest absolute Gasteiger partial charge is 0.449 e. The number of fused-ring (bicyclic) bond motifs is 2. The van der Waals surface area contributed by atoms with Crippen molar-refractivity contribution in [1.82, 2.24) is 9.88 Å². The number of nitrogens with zero attached hydrogens (tertiary/aromatic N) is 2. The number of anilines is 1.